The van der Waals surface area contributed by atoms with Gasteiger partial charge in [0, 0.05) is 12.1 Å². The van der Waals surface area contributed by atoms with Crippen LogP contribution in [-0.4, -0.2) is 23.6 Å². The molecule has 1 aliphatic rings. The van der Waals surface area contributed by atoms with Gasteiger partial charge < -0.3 is 9.47 Å². The molecule has 0 aliphatic carbocycles. The van der Waals surface area contributed by atoms with Crippen LogP contribution in [0, 0.1) is 11.3 Å². The van der Waals surface area contributed by atoms with Gasteiger partial charge in [-0.15, -0.1) is 0 Å². The largest absolute Gasteiger partial charge is 0.454 e. The third-order valence-electron chi connectivity index (χ3n) is 4.36. The minimum absolute atomic E-state index is 0.00179. The van der Waals surface area contributed by atoms with E-state index in [2.05, 4.69) is 4.72 Å². The molecule has 1 N–H and O–H groups in total. The van der Waals surface area contributed by atoms with Gasteiger partial charge >= 0.3 is 0 Å². The lowest BCUT2D eigenvalue weighted by Gasteiger charge is -2.12. The van der Waals surface area contributed by atoms with Crippen LogP contribution in [0.1, 0.15) is 5.56 Å². The van der Waals surface area contributed by atoms with Crippen LogP contribution in [0.3, 0.4) is 0 Å². The van der Waals surface area contributed by atoms with Gasteiger partial charge in [0.25, 0.3) is 10.0 Å². The van der Waals surface area contributed by atoms with Gasteiger partial charge in [0.1, 0.15) is 6.07 Å². The number of hydrogen-bond donors (Lipinski definition) is 1. The first-order valence-electron chi connectivity index (χ1n) is 8.58. The maximum absolute atomic E-state index is 12.9. The molecule has 0 bridgehead atoms. The molecule has 30 heavy (non-hydrogen) atoms. The Morgan fingerprint density at radius 2 is 1.43 bits per heavy atom. The Balaban J connectivity index is 1.72. The van der Waals surface area contributed by atoms with Gasteiger partial charge in [-0.1, -0.05) is 24.3 Å². The lowest BCUT2D eigenvalue weighted by molar-refractivity contribution is 0.174. The van der Waals surface area contributed by atoms with Gasteiger partial charge in [-0.25, -0.2) is 16.8 Å². The van der Waals surface area contributed by atoms with Gasteiger partial charge in [-0.05, 0) is 30.3 Å². The van der Waals surface area contributed by atoms with Gasteiger partial charge in [0.15, 0.2) is 11.5 Å². The average Bonchev–Trinajstić information content (AvgIpc) is 3.21. The molecule has 0 atom stereocenters. The number of nitrogens with zero attached hydrogens (tertiary/aromatic N) is 1. The van der Waals surface area contributed by atoms with E-state index in [1.807, 2.05) is 6.07 Å². The SMILES string of the molecule is N#Cc1cc2c(cc1NS(=O)(=O)c1cccc(S(=O)(=O)c3ccccc3)c1)OCO2. The van der Waals surface area contributed by atoms with Crippen molar-refractivity contribution in [3.8, 4) is 17.6 Å². The lowest BCUT2D eigenvalue weighted by atomic mass is 10.2. The number of nitriles is 1. The number of fused-ring (bicyclic) bond motifs is 1. The fourth-order valence-electron chi connectivity index (χ4n) is 2.87. The summed E-state index contributed by atoms with van der Waals surface area (Å²) in [6.45, 7) is -0.0319. The Labute approximate surface area is 173 Å². The summed E-state index contributed by atoms with van der Waals surface area (Å²) >= 11 is 0. The van der Waals surface area contributed by atoms with Crippen molar-refractivity contribution in [1.82, 2.24) is 0 Å². The second-order valence-electron chi connectivity index (χ2n) is 6.26. The van der Waals surface area contributed by atoms with E-state index in [1.165, 1.54) is 42.5 Å². The highest BCUT2D eigenvalue weighted by Crippen LogP contribution is 2.37. The quantitative estimate of drug-likeness (QED) is 0.644. The number of anilines is 1. The lowest BCUT2D eigenvalue weighted by Crippen LogP contribution is -2.14. The second kappa shape index (κ2) is 7.37. The first kappa shape index (κ1) is 19.8. The van der Waals surface area contributed by atoms with E-state index in [0.29, 0.717) is 11.5 Å². The third-order valence-corrected chi connectivity index (χ3v) is 7.49. The van der Waals surface area contributed by atoms with Crippen LogP contribution in [0.25, 0.3) is 0 Å². The van der Waals surface area contributed by atoms with Crippen LogP contribution in [0.5, 0.6) is 11.5 Å². The predicted octanol–water partition coefficient (Wildman–Crippen LogP) is 2.92. The molecule has 1 heterocycles. The van der Waals surface area contributed by atoms with Crippen molar-refractivity contribution in [2.24, 2.45) is 0 Å². The van der Waals surface area contributed by atoms with E-state index in [0.717, 1.165) is 6.07 Å². The molecule has 4 rings (SSSR count). The normalized spacial score (nSPS) is 12.9. The Kier molecular flexibility index (Phi) is 4.85. The monoisotopic (exact) mass is 442 g/mol. The van der Waals surface area contributed by atoms with Crippen molar-refractivity contribution >= 4 is 25.5 Å². The Morgan fingerprint density at radius 1 is 0.800 bits per heavy atom. The minimum Gasteiger partial charge on any atom is -0.454 e. The highest BCUT2D eigenvalue weighted by atomic mass is 32.2. The zero-order chi connectivity index (χ0) is 21.4. The third kappa shape index (κ3) is 3.56. The zero-order valence-electron chi connectivity index (χ0n) is 15.3. The van der Waals surface area contributed by atoms with Crippen molar-refractivity contribution < 1.29 is 26.3 Å². The van der Waals surface area contributed by atoms with E-state index in [4.69, 9.17) is 9.47 Å². The molecule has 0 radical (unpaired) electrons. The number of sulfonamides is 1. The second-order valence-corrected chi connectivity index (χ2v) is 9.89. The molecule has 1 aliphatic heterocycles. The number of sulfone groups is 1. The summed E-state index contributed by atoms with van der Waals surface area (Å²) in [5, 5.41) is 9.33. The number of hydrogen-bond acceptors (Lipinski definition) is 7. The molecule has 10 heteroatoms. The molecule has 0 amide bonds. The highest BCUT2D eigenvalue weighted by Gasteiger charge is 2.24. The van der Waals surface area contributed by atoms with Gasteiger partial charge in [0.05, 0.1) is 25.9 Å². The van der Waals surface area contributed by atoms with E-state index < -0.39 is 19.9 Å². The maximum atomic E-state index is 12.9. The molecule has 0 saturated carbocycles. The molecule has 0 aromatic heterocycles. The van der Waals surface area contributed by atoms with Gasteiger partial charge in [-0.3, -0.25) is 4.72 Å². The molecule has 8 nitrogen and oxygen atoms in total. The molecule has 3 aromatic carbocycles. The Morgan fingerprint density at radius 3 is 2.13 bits per heavy atom. The highest BCUT2D eigenvalue weighted by molar-refractivity contribution is 7.93. The fraction of sp³-hybridized carbons (Fsp3) is 0.0500. The van der Waals surface area contributed by atoms with Crippen LogP contribution in [0.2, 0.25) is 0 Å². The molecule has 0 saturated heterocycles. The van der Waals surface area contributed by atoms with Gasteiger partial charge in [0.2, 0.25) is 16.6 Å². The Bertz CT molecular complexity index is 1380. The first-order valence-corrected chi connectivity index (χ1v) is 11.5. The molecule has 3 aromatic rings. The number of benzene rings is 3. The van der Waals surface area contributed by atoms with Crippen LogP contribution < -0.4 is 14.2 Å². The molecular formula is C20H14N2O6S2. The molecule has 0 spiro atoms. The molecule has 0 unspecified atom stereocenters. The first-order chi connectivity index (χ1) is 14.3. The van der Waals surface area contributed by atoms with Crippen molar-refractivity contribution in [3.05, 3.63) is 72.3 Å². The summed E-state index contributed by atoms with van der Waals surface area (Å²) in [4.78, 5) is -0.376. The van der Waals surface area contributed by atoms with Crippen molar-refractivity contribution in [1.29, 1.82) is 5.26 Å². The summed E-state index contributed by atoms with van der Waals surface area (Å²) in [6.07, 6.45) is 0. The smallest absolute Gasteiger partial charge is 0.261 e. The predicted molar refractivity (Wildman–Crippen MR) is 106 cm³/mol. The fourth-order valence-corrected chi connectivity index (χ4v) is 5.38. The van der Waals surface area contributed by atoms with Crippen molar-refractivity contribution in [2.75, 3.05) is 11.5 Å². The van der Waals surface area contributed by atoms with Crippen LogP contribution in [0.4, 0.5) is 5.69 Å². The minimum atomic E-state index is -4.19. The summed E-state index contributed by atoms with van der Waals surface area (Å²) in [6, 6.07) is 17.3. The van der Waals surface area contributed by atoms with Crippen LogP contribution >= 0.6 is 0 Å². The standard InChI is InChI=1S/C20H14N2O6S2/c21-12-14-9-19-20(28-13-27-19)11-18(14)22-30(25,26)17-8-4-7-16(10-17)29(23,24)15-5-2-1-3-6-15/h1-11,22H,13H2. The van der Waals surface area contributed by atoms with Crippen molar-refractivity contribution in [2.45, 2.75) is 14.7 Å². The average molecular weight is 442 g/mol. The van der Waals surface area contributed by atoms with E-state index in [9.17, 15) is 22.1 Å². The van der Waals surface area contributed by atoms with Crippen LogP contribution in [0.15, 0.2) is 81.4 Å². The Hall–Kier alpha value is -3.55. The van der Waals surface area contributed by atoms with E-state index in [-0.39, 0.29) is 32.7 Å². The molecule has 152 valence electrons. The number of nitrogens with one attached hydrogen (secondary N) is 1. The molecule has 0 fully saturated rings. The summed E-state index contributed by atoms with van der Waals surface area (Å²) in [7, 11) is -8.09. The topological polar surface area (TPSA) is 123 Å². The summed E-state index contributed by atoms with van der Waals surface area (Å²) < 4.78 is 64.2. The zero-order valence-corrected chi connectivity index (χ0v) is 16.9. The maximum Gasteiger partial charge on any atom is 0.261 e. The van der Waals surface area contributed by atoms with Crippen LogP contribution in [-0.2, 0) is 19.9 Å². The van der Waals surface area contributed by atoms with Crippen molar-refractivity contribution in [3.63, 3.8) is 0 Å². The van der Waals surface area contributed by atoms with Gasteiger partial charge in [-0.2, -0.15) is 5.26 Å². The molecular weight excluding hydrogens is 428 g/mol. The summed E-state index contributed by atoms with van der Waals surface area (Å²) in [5.74, 6) is 0.637. The van der Waals surface area contributed by atoms with E-state index >= 15 is 0 Å². The number of rotatable bonds is 5. The number of ether oxygens (including phenoxy) is 2. The van der Waals surface area contributed by atoms with E-state index in [1.54, 1.807) is 18.2 Å². The summed E-state index contributed by atoms with van der Waals surface area (Å²) in [5.41, 5.74) is 0.0361.